The third kappa shape index (κ3) is 2.61. The molecule has 0 aromatic heterocycles. The summed E-state index contributed by atoms with van der Waals surface area (Å²) in [6.07, 6.45) is 2.08. The summed E-state index contributed by atoms with van der Waals surface area (Å²) in [5, 5.41) is 14.5. The van der Waals surface area contributed by atoms with Crippen molar-refractivity contribution in [3.63, 3.8) is 0 Å². The summed E-state index contributed by atoms with van der Waals surface area (Å²) in [6, 6.07) is 15.3. The molecule has 2 atom stereocenters. The molecule has 0 radical (unpaired) electrons. The van der Waals surface area contributed by atoms with Crippen molar-refractivity contribution < 1.29 is 4.92 Å². The van der Waals surface area contributed by atoms with Gasteiger partial charge in [-0.25, -0.2) is 0 Å². The smallest absolute Gasteiger partial charge is 0.292 e. The Balaban J connectivity index is 1.93. The van der Waals surface area contributed by atoms with Crippen molar-refractivity contribution in [2.75, 3.05) is 5.32 Å². The van der Waals surface area contributed by atoms with Gasteiger partial charge in [-0.3, -0.25) is 10.1 Å². The Morgan fingerprint density at radius 1 is 1.05 bits per heavy atom. The molecule has 1 N–H and O–H groups in total. The van der Waals surface area contributed by atoms with Gasteiger partial charge in [0.15, 0.2) is 0 Å². The number of rotatable bonds is 3. The maximum Gasteiger partial charge on any atom is 0.292 e. The molecule has 4 nitrogen and oxygen atoms in total. The summed E-state index contributed by atoms with van der Waals surface area (Å²) in [6.45, 7) is 2.24. The standard InChI is InChI=1S/C17H18N2O2/c1-12-10-11-15(14-7-3-2-6-13(12)14)18-16-8-4-5-9-17(16)19(20)21/h2-9,12,15,18H,10-11H2,1H3. The molecule has 0 saturated carbocycles. The Kier molecular flexibility index (Phi) is 3.60. The summed E-state index contributed by atoms with van der Waals surface area (Å²) < 4.78 is 0. The molecule has 0 bridgehead atoms. The van der Waals surface area contributed by atoms with Crippen LogP contribution in [-0.4, -0.2) is 4.92 Å². The minimum Gasteiger partial charge on any atom is -0.373 e. The van der Waals surface area contributed by atoms with Crippen molar-refractivity contribution in [1.82, 2.24) is 0 Å². The highest BCUT2D eigenvalue weighted by molar-refractivity contribution is 5.62. The normalized spacial score (nSPS) is 20.6. The minimum atomic E-state index is -0.334. The van der Waals surface area contributed by atoms with E-state index >= 15 is 0 Å². The first kappa shape index (κ1) is 13.6. The van der Waals surface area contributed by atoms with Crippen molar-refractivity contribution in [2.24, 2.45) is 0 Å². The SMILES string of the molecule is CC1CCC(Nc2ccccc2[N+](=O)[O-])c2ccccc21. The number of hydrogen-bond donors (Lipinski definition) is 1. The Bertz CT molecular complexity index is 669. The van der Waals surface area contributed by atoms with E-state index in [4.69, 9.17) is 0 Å². The summed E-state index contributed by atoms with van der Waals surface area (Å²) in [4.78, 5) is 10.8. The van der Waals surface area contributed by atoms with Crippen molar-refractivity contribution >= 4 is 11.4 Å². The number of nitro benzene ring substituents is 1. The first-order valence-corrected chi connectivity index (χ1v) is 7.25. The third-order valence-electron chi connectivity index (χ3n) is 4.22. The monoisotopic (exact) mass is 282 g/mol. The van der Waals surface area contributed by atoms with Crippen molar-refractivity contribution in [3.05, 3.63) is 69.8 Å². The van der Waals surface area contributed by atoms with E-state index in [1.54, 1.807) is 18.2 Å². The zero-order valence-electron chi connectivity index (χ0n) is 12.0. The summed E-state index contributed by atoms with van der Waals surface area (Å²) in [5.41, 5.74) is 3.33. The zero-order valence-corrected chi connectivity index (χ0v) is 12.0. The molecule has 3 rings (SSSR count). The first-order valence-electron chi connectivity index (χ1n) is 7.25. The van der Waals surface area contributed by atoms with Gasteiger partial charge in [-0.05, 0) is 36.0 Å². The van der Waals surface area contributed by atoms with Gasteiger partial charge in [0.1, 0.15) is 5.69 Å². The number of nitrogens with zero attached hydrogens (tertiary/aromatic N) is 1. The second-order valence-corrected chi connectivity index (χ2v) is 5.58. The highest BCUT2D eigenvalue weighted by Crippen LogP contribution is 2.39. The van der Waals surface area contributed by atoms with Gasteiger partial charge >= 0.3 is 0 Å². The number of para-hydroxylation sites is 2. The maximum atomic E-state index is 11.1. The van der Waals surface area contributed by atoms with Crippen LogP contribution in [0.15, 0.2) is 48.5 Å². The lowest BCUT2D eigenvalue weighted by Gasteiger charge is -2.30. The van der Waals surface area contributed by atoms with E-state index in [9.17, 15) is 10.1 Å². The number of nitrogens with one attached hydrogen (secondary N) is 1. The van der Waals surface area contributed by atoms with E-state index in [2.05, 4.69) is 30.4 Å². The lowest BCUT2D eigenvalue weighted by molar-refractivity contribution is -0.384. The number of anilines is 1. The van der Waals surface area contributed by atoms with Crippen LogP contribution in [0.5, 0.6) is 0 Å². The predicted octanol–water partition coefficient (Wildman–Crippen LogP) is 4.65. The molecule has 21 heavy (non-hydrogen) atoms. The van der Waals surface area contributed by atoms with Crippen LogP contribution in [0.2, 0.25) is 0 Å². The van der Waals surface area contributed by atoms with E-state index in [1.165, 1.54) is 11.1 Å². The average molecular weight is 282 g/mol. The van der Waals surface area contributed by atoms with Gasteiger partial charge < -0.3 is 5.32 Å². The average Bonchev–Trinajstić information content (AvgIpc) is 2.51. The van der Waals surface area contributed by atoms with E-state index in [1.807, 2.05) is 12.1 Å². The molecule has 0 aliphatic heterocycles. The number of nitro groups is 1. The van der Waals surface area contributed by atoms with Gasteiger partial charge in [0, 0.05) is 6.07 Å². The number of fused-ring (bicyclic) bond motifs is 1. The fourth-order valence-corrected chi connectivity index (χ4v) is 3.10. The Morgan fingerprint density at radius 2 is 1.71 bits per heavy atom. The van der Waals surface area contributed by atoms with Crippen molar-refractivity contribution in [1.29, 1.82) is 0 Å². The lowest BCUT2D eigenvalue weighted by atomic mass is 9.81. The molecule has 2 unspecified atom stereocenters. The third-order valence-corrected chi connectivity index (χ3v) is 4.22. The Hall–Kier alpha value is -2.36. The minimum absolute atomic E-state index is 0.133. The van der Waals surface area contributed by atoms with Crippen LogP contribution >= 0.6 is 0 Å². The van der Waals surface area contributed by atoms with Gasteiger partial charge in [0.2, 0.25) is 0 Å². The van der Waals surface area contributed by atoms with Gasteiger partial charge in [-0.15, -0.1) is 0 Å². The van der Waals surface area contributed by atoms with E-state index in [-0.39, 0.29) is 16.7 Å². The quantitative estimate of drug-likeness (QED) is 0.658. The lowest BCUT2D eigenvalue weighted by Crippen LogP contribution is -2.19. The molecule has 0 heterocycles. The molecule has 0 fully saturated rings. The molecule has 2 aromatic rings. The largest absolute Gasteiger partial charge is 0.373 e. The second-order valence-electron chi connectivity index (χ2n) is 5.58. The van der Waals surface area contributed by atoms with E-state index in [0.717, 1.165) is 12.8 Å². The van der Waals surface area contributed by atoms with Crippen molar-refractivity contribution in [3.8, 4) is 0 Å². The molecule has 108 valence electrons. The fourth-order valence-electron chi connectivity index (χ4n) is 3.10. The molecule has 0 saturated heterocycles. The fraction of sp³-hybridized carbons (Fsp3) is 0.294. The predicted molar refractivity (Wildman–Crippen MR) is 83.6 cm³/mol. The van der Waals surface area contributed by atoms with Gasteiger partial charge in [0.25, 0.3) is 5.69 Å². The Morgan fingerprint density at radius 3 is 2.48 bits per heavy atom. The summed E-state index contributed by atoms with van der Waals surface area (Å²) >= 11 is 0. The van der Waals surface area contributed by atoms with E-state index < -0.39 is 0 Å². The van der Waals surface area contributed by atoms with Crippen LogP contribution in [0.3, 0.4) is 0 Å². The van der Waals surface area contributed by atoms with Gasteiger partial charge in [0.05, 0.1) is 11.0 Å². The van der Waals surface area contributed by atoms with Crippen LogP contribution in [0, 0.1) is 10.1 Å². The van der Waals surface area contributed by atoms with Gasteiger partial charge in [-0.2, -0.15) is 0 Å². The molecule has 2 aromatic carbocycles. The topological polar surface area (TPSA) is 55.2 Å². The van der Waals surface area contributed by atoms with Crippen LogP contribution < -0.4 is 5.32 Å². The molecule has 4 heteroatoms. The molecule has 0 spiro atoms. The first-order chi connectivity index (χ1) is 10.2. The molecule has 1 aliphatic rings. The van der Waals surface area contributed by atoms with Crippen LogP contribution in [0.4, 0.5) is 11.4 Å². The molecular weight excluding hydrogens is 264 g/mol. The highest BCUT2D eigenvalue weighted by Gasteiger charge is 2.25. The molecule has 1 aliphatic carbocycles. The molecule has 0 amide bonds. The number of hydrogen-bond acceptors (Lipinski definition) is 3. The maximum absolute atomic E-state index is 11.1. The zero-order chi connectivity index (χ0) is 14.8. The summed E-state index contributed by atoms with van der Waals surface area (Å²) in [7, 11) is 0. The van der Waals surface area contributed by atoms with Gasteiger partial charge in [-0.1, -0.05) is 43.3 Å². The van der Waals surface area contributed by atoms with Crippen molar-refractivity contribution in [2.45, 2.75) is 31.7 Å². The molecular formula is C17H18N2O2. The van der Waals surface area contributed by atoms with E-state index in [0.29, 0.717) is 11.6 Å². The Labute approximate surface area is 124 Å². The van der Waals surface area contributed by atoms with Crippen LogP contribution in [0.1, 0.15) is 42.9 Å². The second kappa shape index (κ2) is 5.56. The van der Waals surface area contributed by atoms with Crippen LogP contribution in [0.25, 0.3) is 0 Å². The van der Waals surface area contributed by atoms with Crippen LogP contribution in [-0.2, 0) is 0 Å². The summed E-state index contributed by atoms with van der Waals surface area (Å²) in [5.74, 6) is 0.546. The number of benzene rings is 2. The highest BCUT2D eigenvalue weighted by atomic mass is 16.6.